The van der Waals surface area contributed by atoms with Crippen LogP contribution >= 0.6 is 35.2 Å². The molecule has 22 aromatic rings. The Morgan fingerprint density at radius 3 is 1.00 bits per heavy atom. The highest BCUT2D eigenvalue weighted by Gasteiger charge is 2.42. The van der Waals surface area contributed by atoms with Gasteiger partial charge < -0.3 is 0 Å². The van der Waals surface area contributed by atoms with E-state index in [4.69, 9.17) is 26.2 Å². The van der Waals surface area contributed by atoms with Gasteiger partial charge in [-0.05, 0) is 347 Å². The number of rotatable bonds is 8. The minimum absolute atomic E-state index is 0.0150. The molecule has 3 aliphatic carbocycles. The number of nitrogens with zero attached hydrogens (tertiary/aromatic N) is 6. The van der Waals surface area contributed by atoms with E-state index in [2.05, 4.69) is 491 Å². The Morgan fingerprint density at radius 2 is 0.523 bits per heavy atom. The van der Waals surface area contributed by atoms with Crippen molar-refractivity contribution in [3.63, 3.8) is 0 Å². The molecule has 0 N–H and O–H groups in total. The van der Waals surface area contributed by atoms with E-state index in [-0.39, 0.29) is 48.7 Å². The molecule has 6 nitrogen and oxygen atoms in total. The number of fused-ring (bicyclic) bond motifs is 27. The zero-order valence-corrected chi connectivity index (χ0v) is 94.2. The number of aromatic nitrogens is 6. The summed E-state index contributed by atoms with van der Waals surface area (Å²) in [5.41, 5.74) is 52.2. The maximum atomic E-state index is 4.88. The van der Waals surface area contributed by atoms with Gasteiger partial charge in [0.25, 0.3) is 0 Å². The van der Waals surface area contributed by atoms with Crippen LogP contribution in [0, 0.1) is 13.8 Å². The molecule has 0 amide bonds. The van der Waals surface area contributed by atoms with Crippen LogP contribution in [0.5, 0.6) is 0 Å². The maximum absolute atomic E-state index is 4.88. The van der Waals surface area contributed by atoms with Gasteiger partial charge in [-0.25, -0.2) is 0 Å². The van der Waals surface area contributed by atoms with E-state index >= 15 is 0 Å². The van der Waals surface area contributed by atoms with Gasteiger partial charge in [-0.3, -0.25) is 0 Å². The van der Waals surface area contributed by atoms with Crippen LogP contribution in [0.1, 0.15) is 269 Å². The molecule has 149 heavy (non-hydrogen) atoms. The summed E-state index contributed by atoms with van der Waals surface area (Å²) in [5, 5.41) is 14.5. The van der Waals surface area contributed by atoms with Crippen LogP contribution in [0.15, 0.2) is 297 Å². The van der Waals surface area contributed by atoms with Gasteiger partial charge in [0.05, 0.1) is 35.2 Å². The molecule has 25 rings (SSSR count). The molecule has 0 unspecified atom stereocenters. The lowest BCUT2D eigenvalue weighted by molar-refractivity contribution is 0.569. The minimum Gasteiger partial charge on any atom is -0.172 e. The Bertz CT molecular complexity index is 9320. The summed E-state index contributed by atoms with van der Waals surface area (Å²) in [7, 11) is 0. The zero-order valence-electron chi connectivity index (χ0n) is 91.8. The van der Waals surface area contributed by atoms with Crippen molar-refractivity contribution in [3.8, 4) is 111 Å². The van der Waals surface area contributed by atoms with Gasteiger partial charge in [-0.1, -0.05) is 410 Å². The third-order valence-electron chi connectivity index (χ3n) is 33.3. The fraction of sp³-hybridized carbons (Fsp3) is 0.271. The molecule has 19 aromatic carbocycles. The van der Waals surface area contributed by atoms with Crippen molar-refractivity contribution in [2.45, 2.75) is 249 Å². The van der Waals surface area contributed by atoms with E-state index in [9.17, 15) is 0 Å². The first-order valence-electron chi connectivity index (χ1n) is 53.3. The lowest BCUT2D eigenvalue weighted by Gasteiger charge is -2.27. The van der Waals surface area contributed by atoms with Gasteiger partial charge >= 0.3 is 0 Å². The lowest BCUT2D eigenvalue weighted by Crippen LogP contribution is -2.19. The Balaban J connectivity index is 0.000000123. The number of hydrogen-bond donors (Lipinski definition) is 0. The maximum Gasteiger partial charge on any atom is 0.113 e. The molecule has 3 heterocycles. The zero-order chi connectivity index (χ0) is 105. The van der Waals surface area contributed by atoms with Gasteiger partial charge in [-0.15, -0.1) is 0 Å². The Labute approximate surface area is 892 Å². The van der Waals surface area contributed by atoms with Gasteiger partial charge in [0.1, 0.15) is 33.1 Å². The summed E-state index contributed by atoms with van der Waals surface area (Å²) in [6, 6.07) is 114. The van der Waals surface area contributed by atoms with E-state index in [1.54, 1.807) is 0 Å². The van der Waals surface area contributed by atoms with Gasteiger partial charge in [-0.2, -0.15) is 26.2 Å². The molecule has 0 bridgehead atoms. The van der Waals surface area contributed by atoms with Crippen LogP contribution in [-0.4, -0.2) is 26.2 Å². The quantitative estimate of drug-likeness (QED) is 0.141. The van der Waals surface area contributed by atoms with Crippen molar-refractivity contribution < 1.29 is 0 Å². The standard InChI is InChI=1S/C48H42N2S.C48H50N2S.C44H42N2S/c1-28(2)29-14-19-39-40(24-29)37-18-15-34(26-42(37)46-45(39)49-51-50-46)32-12-8-10-30(22-32)31-11-9-13-33(23-31)35-16-21-43-41(25-35)38-20-17-36(47(3,4)5)27-44(38)48(43,6)7;1-27-20-37-33-18-16-30(45(2,3)4)22-38(33)43-44(50-51-49-43)39(37)26-35(27)28-14-13-15-29(21-28)36-23-32(47(8,9)10)25-41-42(36)34-19-17-31(46(5,6)7)24-40(34)48(41,11)12;1-25-10-14-32-33-15-11-26(23-37(33)41-40(36(32)18-25)45-47-46-41)27-12-16-38-34(21-27)35-22-28(13-17-39(35)44(38,8)9)29-19-30(42(2,3)4)24-31(20-29)43(5,6)7/h8-28H,1-7H3;13-26H,1-12H3;10-24H,1-9H3. The molecule has 0 spiro atoms. The Morgan fingerprint density at radius 1 is 0.201 bits per heavy atom. The topological polar surface area (TPSA) is 77.3 Å². The Hall–Kier alpha value is -13.8. The van der Waals surface area contributed by atoms with E-state index in [1.807, 2.05) is 0 Å². The number of hydrogen-bond acceptors (Lipinski definition) is 9. The molecular weight excluding hydrogens is 1860 g/mol. The summed E-state index contributed by atoms with van der Waals surface area (Å²) < 4.78 is 28.7. The first kappa shape index (κ1) is 98.5. The first-order valence-corrected chi connectivity index (χ1v) is 55.5. The molecule has 0 saturated heterocycles. The van der Waals surface area contributed by atoms with Gasteiger partial charge in [0.2, 0.25) is 0 Å². The van der Waals surface area contributed by atoms with Crippen LogP contribution in [0.4, 0.5) is 0 Å². The molecular formula is C140H134N6S3. The molecule has 9 heteroatoms. The lowest BCUT2D eigenvalue weighted by atomic mass is 9.76. The van der Waals surface area contributed by atoms with Crippen LogP contribution in [0.2, 0.25) is 0 Å². The Kier molecular flexibility index (Phi) is 23.3. The molecule has 0 atom stereocenters. The molecule has 0 saturated carbocycles. The van der Waals surface area contributed by atoms with E-state index in [1.165, 1.54) is 289 Å². The van der Waals surface area contributed by atoms with Crippen LogP contribution in [-0.2, 0) is 48.7 Å². The van der Waals surface area contributed by atoms with Crippen molar-refractivity contribution in [1.82, 2.24) is 26.2 Å². The summed E-state index contributed by atoms with van der Waals surface area (Å²) in [5.74, 6) is 0.461. The first-order chi connectivity index (χ1) is 70.5. The van der Waals surface area contributed by atoms with Crippen LogP contribution in [0.3, 0.4) is 0 Å². The summed E-state index contributed by atoms with van der Waals surface area (Å²) in [6.07, 6.45) is 0. The van der Waals surface area contributed by atoms with Crippen LogP contribution in [0.25, 0.3) is 209 Å². The number of aryl methyl sites for hydroxylation is 2. The average Bonchev–Trinajstić information content (AvgIpc) is 1.59. The summed E-state index contributed by atoms with van der Waals surface area (Å²) in [6.45, 7) is 64.7. The monoisotopic (exact) mass is 1990 g/mol. The van der Waals surface area contributed by atoms with E-state index < -0.39 is 0 Å². The summed E-state index contributed by atoms with van der Waals surface area (Å²) >= 11 is 3.91. The molecule has 3 aliphatic rings. The third-order valence-corrected chi connectivity index (χ3v) is 34.9. The SMILES string of the molecule is CC(C)c1ccc2c(c1)c1ccc(-c3cccc(-c4cccc(-c5ccc6c(c5)-c5ccc(C(C)(C)C)cc5C6(C)C)c4)c3)cc1c1nsnc21.Cc1cc2c3ccc(C(C)(C)C)cc3c3nsnc3c2cc1-c1cccc(-c2cc(C(C)(C)C)cc3c2-c2ccc(C(C)(C)C)cc2C3(C)C)c1.Cc1ccc2c3ccc(-c4ccc5c(c4)-c4cc(-c6cc(C(C)(C)C)cc(C(C)(C)C)c6)ccc4C5(C)C)cc3c3nsnc3c2c1. The summed E-state index contributed by atoms with van der Waals surface area (Å²) in [4.78, 5) is 0. The highest BCUT2D eigenvalue weighted by molar-refractivity contribution is 7.00. The predicted molar refractivity (Wildman–Crippen MR) is 644 cm³/mol. The largest absolute Gasteiger partial charge is 0.172 e. The second kappa shape index (κ2) is 35.2. The van der Waals surface area contributed by atoms with Crippen molar-refractivity contribution >= 4 is 133 Å². The highest BCUT2D eigenvalue weighted by Crippen LogP contribution is 2.58. The normalized spacial score (nSPS) is 14.1. The highest BCUT2D eigenvalue weighted by atomic mass is 32.1. The van der Waals surface area contributed by atoms with Gasteiger partial charge in [0.15, 0.2) is 0 Å². The fourth-order valence-corrected chi connectivity index (χ4v) is 25.8. The van der Waals surface area contributed by atoms with Gasteiger partial charge in [0, 0.05) is 48.6 Å². The smallest absolute Gasteiger partial charge is 0.113 e. The van der Waals surface area contributed by atoms with Crippen molar-refractivity contribution in [2.24, 2.45) is 0 Å². The third kappa shape index (κ3) is 16.9. The second-order valence-corrected chi connectivity index (χ2v) is 52.6. The average molecular weight is 2000 g/mol. The fourth-order valence-electron chi connectivity index (χ4n) is 24.0. The minimum atomic E-state index is -0.0994. The van der Waals surface area contributed by atoms with Crippen molar-refractivity contribution in [3.05, 3.63) is 381 Å². The van der Waals surface area contributed by atoms with E-state index in [0.717, 1.165) is 38.5 Å². The molecule has 3 aromatic heterocycles. The molecule has 742 valence electrons. The van der Waals surface area contributed by atoms with Crippen molar-refractivity contribution in [1.29, 1.82) is 0 Å². The predicted octanol–water partition coefficient (Wildman–Crippen LogP) is 40.1. The molecule has 0 radical (unpaired) electrons. The molecule has 0 aliphatic heterocycles. The second-order valence-electron chi connectivity index (χ2n) is 51.1. The van der Waals surface area contributed by atoms with Crippen LogP contribution < -0.4 is 0 Å². The van der Waals surface area contributed by atoms with Crippen molar-refractivity contribution in [2.75, 3.05) is 0 Å². The van der Waals surface area contributed by atoms with E-state index in [0.29, 0.717) is 5.92 Å². The number of benzene rings is 19. The molecule has 0 fully saturated rings.